The first-order valence-electron chi connectivity index (χ1n) is 29.6. The number of carboxylic acids is 1. The Morgan fingerprint density at radius 3 is 2.06 bits per heavy atom. The molecule has 86 heavy (non-hydrogen) atoms. The average molecular weight is 1210 g/mol. The number of aromatic nitrogens is 4. The van der Waals surface area contributed by atoms with Gasteiger partial charge in [-0.15, -0.1) is 4.36 Å². The molecule has 2 bridgehead atoms. The fourth-order valence-electron chi connectivity index (χ4n) is 13.3. The number of ether oxygens (including phenoxy) is 4. The maximum absolute atomic E-state index is 14.6. The summed E-state index contributed by atoms with van der Waals surface area (Å²) >= 11 is 6.46. The van der Waals surface area contributed by atoms with Gasteiger partial charge in [-0.2, -0.15) is 0 Å². The van der Waals surface area contributed by atoms with Crippen LogP contribution in [0.1, 0.15) is 138 Å². The van der Waals surface area contributed by atoms with Crippen LogP contribution in [0.15, 0.2) is 114 Å². The topological polar surface area (TPSA) is 207 Å². The summed E-state index contributed by atoms with van der Waals surface area (Å²) in [6.07, 6.45) is 29.3. The van der Waals surface area contributed by atoms with Gasteiger partial charge in [0.25, 0.3) is 11.8 Å². The summed E-state index contributed by atoms with van der Waals surface area (Å²) in [6, 6.07) is 18.9. The van der Waals surface area contributed by atoms with E-state index >= 15 is 0 Å². The maximum atomic E-state index is 14.6. The van der Waals surface area contributed by atoms with E-state index in [2.05, 4.69) is 63.0 Å². The predicted octanol–water partition coefficient (Wildman–Crippen LogP) is 10.9. The van der Waals surface area contributed by atoms with Crippen LogP contribution in [0.3, 0.4) is 0 Å². The van der Waals surface area contributed by atoms with Gasteiger partial charge in [0.15, 0.2) is 0 Å². The van der Waals surface area contributed by atoms with Gasteiger partial charge in [0.05, 0.1) is 60.6 Å². The second kappa shape index (κ2) is 25.6. The summed E-state index contributed by atoms with van der Waals surface area (Å²) in [5.41, 5.74) is 9.93. The molecule has 14 rings (SSSR count). The van der Waals surface area contributed by atoms with Crippen LogP contribution in [-0.4, -0.2) is 110 Å². The minimum atomic E-state index is -3.49. The number of nitrogens with one attached hydrogen (secondary N) is 1. The van der Waals surface area contributed by atoms with Gasteiger partial charge < -0.3 is 47.2 Å². The highest BCUT2D eigenvalue weighted by molar-refractivity contribution is 7.92. The van der Waals surface area contributed by atoms with Crippen molar-refractivity contribution < 1.29 is 52.2 Å². The van der Waals surface area contributed by atoms with Crippen LogP contribution < -0.4 is 14.4 Å². The van der Waals surface area contributed by atoms with Gasteiger partial charge in [-0.05, 0) is 160 Å². The summed E-state index contributed by atoms with van der Waals surface area (Å²) in [7, 11) is 1.09. The summed E-state index contributed by atoms with van der Waals surface area (Å²) in [6.45, 7) is 7.55. The molecule has 1 spiro atoms. The molecule has 6 atom stereocenters. The van der Waals surface area contributed by atoms with Crippen molar-refractivity contribution in [2.75, 3.05) is 51.7 Å². The Labute approximate surface area is 506 Å². The number of carboxylic acid groups (broad SMARTS) is 1. The number of carbonyl (C=O) groups excluding carboxylic acids is 4. The maximum Gasteiger partial charge on any atom is 0.339 e. The van der Waals surface area contributed by atoms with E-state index in [1.54, 1.807) is 37.8 Å². The lowest BCUT2D eigenvalue weighted by molar-refractivity contribution is 0.0131. The molecule has 8 aliphatic rings. The summed E-state index contributed by atoms with van der Waals surface area (Å²) in [4.78, 5) is 62.6. The number of aryl methyl sites for hydroxylation is 5. The molecule has 2 aromatic carbocycles. The number of methoxy groups -OCH3 is 3. The summed E-state index contributed by atoms with van der Waals surface area (Å²) < 4.78 is 51.7. The molecule has 20 heteroatoms. The van der Waals surface area contributed by atoms with E-state index < -0.39 is 27.7 Å². The normalized spacial score (nSPS) is 23.9. The van der Waals surface area contributed by atoms with E-state index in [1.165, 1.54) is 37.5 Å². The molecular weight excluding hydrogens is 1130 g/mol. The van der Waals surface area contributed by atoms with E-state index in [-0.39, 0.29) is 35.1 Å². The van der Waals surface area contributed by atoms with Crippen LogP contribution in [0.2, 0.25) is 5.02 Å². The number of anilines is 1. The number of benzene rings is 2. The molecule has 6 aromatic rings. The quantitative estimate of drug-likeness (QED) is 0.118. The third kappa shape index (κ3) is 13.0. The zero-order chi connectivity index (χ0) is 60.3. The summed E-state index contributed by atoms with van der Waals surface area (Å²) in [5, 5.41) is 9.35. The van der Waals surface area contributed by atoms with Crippen LogP contribution in [-0.2, 0) is 75.0 Å². The van der Waals surface area contributed by atoms with Gasteiger partial charge in [-0.3, -0.25) is 14.3 Å². The second-order valence-corrected chi connectivity index (χ2v) is 26.1. The van der Waals surface area contributed by atoms with Gasteiger partial charge >= 0.3 is 17.9 Å². The Morgan fingerprint density at radius 2 is 1.42 bits per heavy atom. The molecule has 10 heterocycles. The van der Waals surface area contributed by atoms with Crippen LogP contribution >= 0.6 is 11.6 Å². The number of allylic oxidation sites excluding steroid dienone is 3. The number of amides is 2. The fraction of sp³-hybridized carbons (Fsp3) is 0.409. The highest BCUT2D eigenvalue weighted by Gasteiger charge is 2.44. The van der Waals surface area contributed by atoms with E-state index in [9.17, 15) is 28.2 Å². The first-order valence-corrected chi connectivity index (χ1v) is 31.7. The smallest absolute Gasteiger partial charge is 0.339 e. The van der Waals surface area contributed by atoms with E-state index in [1.807, 2.05) is 76.9 Å². The van der Waals surface area contributed by atoms with Crippen molar-refractivity contribution in [3.63, 3.8) is 0 Å². The van der Waals surface area contributed by atoms with Crippen molar-refractivity contribution in [2.45, 2.75) is 109 Å². The molecule has 2 aliphatic carbocycles. The molecular formula is C66H74ClN7O11S. The highest BCUT2D eigenvalue weighted by Crippen LogP contribution is 2.47. The molecule has 1 saturated carbocycles. The lowest BCUT2D eigenvalue weighted by Gasteiger charge is -2.46. The van der Waals surface area contributed by atoms with Crippen LogP contribution in [0.25, 0.3) is 12.2 Å². The van der Waals surface area contributed by atoms with Crippen molar-refractivity contribution in [1.29, 1.82) is 0 Å². The molecule has 1 fully saturated rings. The molecule has 6 aliphatic heterocycles. The zero-order valence-corrected chi connectivity index (χ0v) is 50.7. The van der Waals surface area contributed by atoms with Crippen LogP contribution in [0, 0.1) is 17.8 Å². The number of hydrogen-bond acceptors (Lipinski definition) is 11. The van der Waals surface area contributed by atoms with Crippen molar-refractivity contribution >= 4 is 69.1 Å². The van der Waals surface area contributed by atoms with Crippen LogP contribution in [0.5, 0.6) is 5.75 Å². The number of aromatic carboxylic acids is 1. The third-order valence-corrected chi connectivity index (χ3v) is 20.0. The molecule has 4 aromatic heterocycles. The largest absolute Gasteiger partial charge is 0.490 e. The molecule has 0 radical (unpaired) electrons. The van der Waals surface area contributed by atoms with Crippen molar-refractivity contribution in [2.24, 2.45) is 22.1 Å². The zero-order valence-electron chi connectivity index (χ0n) is 49.1. The molecule has 0 saturated heterocycles. The Hall–Kier alpha value is -7.87. The number of nitrogens with zero attached hydrogens (tertiary/aromatic N) is 6. The standard InChI is InChI=1S/C40H47ClN4O5S.C9H11NO2.C9H9NO2.C8H7NO2/c1-26-6-3-9-36(49-2)33-13-10-29(33)21-45-24-40(16-4-7-27-18-31(41)12-14-34(27)40)25-50-37-15-11-28(20-35(37)45)38(46)42-51(48,23-26)43-39(47)30-19-32-8-5-17-44(32)22-30;2*1-12-9(11)7-5-8-3-2-4-10(8)6-7;10-8(11)6-4-7-2-1-3-9(7)5-6/h3,9,11-12,14-15,18-20,22,26,29,33,36H,4-8,10,13,16-17,21,23-25H2,1-2H3,(H,42,43,46,47,48);5-6H,2-4H2,1H3;2-3,5-6H,4H2,1H3;1-2,4-5H,3H2,(H,10,11)/b9-3+;;;/t26-,29-,33+,36-,40-,51?;;;/m0.../s1. The number of hydrogen-bond donors (Lipinski definition) is 2. The monoisotopic (exact) mass is 1210 g/mol. The molecule has 452 valence electrons. The van der Waals surface area contributed by atoms with Gasteiger partial charge in [-0.25, -0.2) is 18.6 Å². The van der Waals surface area contributed by atoms with Crippen molar-refractivity contribution in [1.82, 2.24) is 23.0 Å². The minimum Gasteiger partial charge on any atom is -0.490 e. The Kier molecular flexibility index (Phi) is 17.8. The first-order chi connectivity index (χ1) is 41.5. The molecule has 18 nitrogen and oxygen atoms in total. The predicted molar refractivity (Wildman–Crippen MR) is 329 cm³/mol. The summed E-state index contributed by atoms with van der Waals surface area (Å²) in [5.74, 6) is -1.08. The van der Waals surface area contributed by atoms with Crippen molar-refractivity contribution in [3.8, 4) is 5.75 Å². The van der Waals surface area contributed by atoms with Gasteiger partial charge in [0.1, 0.15) is 15.7 Å². The minimum absolute atomic E-state index is 0.0399. The molecule has 2 amide bonds. The lowest BCUT2D eigenvalue weighted by atomic mass is 9.68. The van der Waals surface area contributed by atoms with E-state index in [4.69, 9.17) is 26.2 Å². The first kappa shape index (κ1) is 59.8. The number of rotatable bonds is 6. The fourth-order valence-corrected chi connectivity index (χ4v) is 15.4. The second-order valence-electron chi connectivity index (χ2n) is 23.6. The number of carbonyl (C=O) groups is 5. The van der Waals surface area contributed by atoms with Crippen molar-refractivity contribution in [3.05, 3.63) is 176 Å². The SMILES string of the molecule is COC(=O)c1cc2n(c1)CC=C2.COC(=O)c1cc2n(c1)CCC2.CO[C@H]1/C=C/C[C@H](C)CS(=O)(NC(=O)c2cc3n(c2)CCC3)=NC(=O)c2ccc3c(c2)N(C[C@@H]2CC[C@H]21)C[C@@]1(CCCc2cc(Cl)ccc21)CO3.O=C(O)c1cc2n(c1)CC=C2. The average Bonchev–Trinajstić information content (AvgIpc) is 2.29. The number of halogens is 1. The van der Waals surface area contributed by atoms with E-state index in [0.29, 0.717) is 58.4 Å². The third-order valence-electron chi connectivity index (χ3n) is 17.8. The Morgan fingerprint density at radius 1 is 0.767 bits per heavy atom. The highest BCUT2D eigenvalue weighted by atomic mass is 35.5. The Bertz CT molecular complexity index is 3770. The van der Waals surface area contributed by atoms with Crippen LogP contribution in [0.4, 0.5) is 5.69 Å². The van der Waals surface area contributed by atoms with Gasteiger partial charge in [0.2, 0.25) is 0 Å². The Balaban J connectivity index is 0.000000173. The number of fused-ring (bicyclic) bond motifs is 8. The van der Waals surface area contributed by atoms with Gasteiger partial charge in [0, 0.05) is 110 Å². The molecule has 1 unspecified atom stereocenters. The molecule has 2 N–H and O–H groups in total. The van der Waals surface area contributed by atoms with E-state index in [0.717, 1.165) is 118 Å². The lowest BCUT2D eigenvalue weighted by Crippen LogP contribution is -2.49. The van der Waals surface area contributed by atoms with Gasteiger partial charge in [-0.1, -0.05) is 48.9 Å². The number of esters is 2.